The zero-order chi connectivity index (χ0) is 12.4. The number of aromatic amines is 1. The van der Waals surface area contributed by atoms with E-state index < -0.39 is 5.69 Å². The third-order valence-corrected chi connectivity index (χ3v) is 3.02. The summed E-state index contributed by atoms with van der Waals surface area (Å²) in [5.74, 6) is 0. The fourth-order valence-electron chi connectivity index (χ4n) is 1.92. The number of nitrogens with one attached hydrogen (secondary N) is 1. The normalized spacial score (nSPS) is 24.1. The molecule has 1 aliphatic heterocycles. The molecule has 1 N–H and O–H groups in total. The number of hydrogen-bond donors (Lipinski definition) is 1. The second-order valence-corrected chi connectivity index (χ2v) is 4.44. The van der Waals surface area contributed by atoms with Crippen LogP contribution >= 0.6 is 9.47 Å². The standard InChI is InChI=1S/C10H15N2O4P/c1-6-4-12(10(14)11-9(6)13)8-3-2-7(16-8)5-15-17/h4,7-8H,2-3,5,17H2,1H3,(H,11,13,14)/t7-,8+/m0/s1. The van der Waals surface area contributed by atoms with Gasteiger partial charge >= 0.3 is 5.69 Å². The van der Waals surface area contributed by atoms with Gasteiger partial charge in [-0.25, -0.2) is 4.79 Å². The molecule has 2 heterocycles. The summed E-state index contributed by atoms with van der Waals surface area (Å²) in [6.07, 6.45) is 2.80. The van der Waals surface area contributed by atoms with Crippen molar-refractivity contribution in [1.82, 2.24) is 9.55 Å². The molecule has 0 radical (unpaired) electrons. The maximum absolute atomic E-state index is 11.6. The van der Waals surface area contributed by atoms with Crippen molar-refractivity contribution in [3.63, 3.8) is 0 Å². The van der Waals surface area contributed by atoms with Gasteiger partial charge in [0.15, 0.2) is 0 Å². The first-order chi connectivity index (χ1) is 8.11. The molecule has 0 saturated carbocycles. The number of hydrogen-bond acceptors (Lipinski definition) is 4. The molecule has 0 spiro atoms. The minimum absolute atomic E-state index is 0.00312. The number of aryl methyl sites for hydroxylation is 1. The number of H-pyrrole nitrogens is 1. The number of aromatic nitrogens is 2. The van der Waals surface area contributed by atoms with Gasteiger partial charge in [0.05, 0.1) is 12.7 Å². The Morgan fingerprint density at radius 3 is 3.06 bits per heavy atom. The van der Waals surface area contributed by atoms with Gasteiger partial charge in [0.25, 0.3) is 5.56 Å². The zero-order valence-electron chi connectivity index (χ0n) is 9.51. The van der Waals surface area contributed by atoms with Crippen molar-refractivity contribution in [2.75, 3.05) is 6.61 Å². The van der Waals surface area contributed by atoms with Crippen LogP contribution in [-0.4, -0.2) is 22.3 Å². The van der Waals surface area contributed by atoms with Crippen molar-refractivity contribution in [2.45, 2.75) is 32.1 Å². The average Bonchev–Trinajstić information content (AvgIpc) is 2.72. The molecule has 1 unspecified atom stereocenters. The summed E-state index contributed by atoms with van der Waals surface area (Å²) in [6, 6.07) is 0. The largest absolute Gasteiger partial charge is 0.363 e. The first-order valence-electron chi connectivity index (χ1n) is 5.41. The first kappa shape index (κ1) is 12.5. The maximum atomic E-state index is 11.6. The summed E-state index contributed by atoms with van der Waals surface area (Å²) in [4.78, 5) is 25.1. The zero-order valence-corrected chi connectivity index (χ0v) is 10.7. The van der Waals surface area contributed by atoms with Crippen LogP contribution in [0.1, 0.15) is 24.6 Å². The molecule has 3 atom stereocenters. The monoisotopic (exact) mass is 258 g/mol. The van der Waals surface area contributed by atoms with Crippen LogP contribution in [0.15, 0.2) is 15.8 Å². The lowest BCUT2D eigenvalue weighted by molar-refractivity contribution is -0.0174. The van der Waals surface area contributed by atoms with E-state index in [2.05, 4.69) is 14.5 Å². The Balaban J connectivity index is 2.22. The lowest BCUT2D eigenvalue weighted by Crippen LogP contribution is -2.33. The Hall–Kier alpha value is -0.970. The molecule has 1 aromatic rings. The minimum Gasteiger partial charge on any atom is -0.363 e. The van der Waals surface area contributed by atoms with Crippen LogP contribution in [0.25, 0.3) is 0 Å². The lowest BCUT2D eigenvalue weighted by Gasteiger charge is -2.15. The van der Waals surface area contributed by atoms with E-state index in [0.717, 1.165) is 12.8 Å². The molecule has 1 saturated heterocycles. The highest BCUT2D eigenvalue weighted by Gasteiger charge is 2.27. The molecule has 0 amide bonds. The maximum Gasteiger partial charge on any atom is 0.330 e. The summed E-state index contributed by atoms with van der Waals surface area (Å²) >= 11 is 0. The molecule has 94 valence electrons. The summed E-state index contributed by atoms with van der Waals surface area (Å²) in [7, 11) is 2.18. The quantitative estimate of drug-likeness (QED) is 0.793. The summed E-state index contributed by atoms with van der Waals surface area (Å²) in [5.41, 5.74) is -0.286. The molecule has 17 heavy (non-hydrogen) atoms. The van der Waals surface area contributed by atoms with Crippen LogP contribution in [0, 0.1) is 6.92 Å². The highest BCUT2D eigenvalue weighted by atomic mass is 31.0. The van der Waals surface area contributed by atoms with Crippen molar-refractivity contribution in [3.05, 3.63) is 32.6 Å². The first-order valence-corrected chi connectivity index (χ1v) is 5.88. The van der Waals surface area contributed by atoms with Crippen LogP contribution < -0.4 is 11.2 Å². The van der Waals surface area contributed by atoms with Crippen molar-refractivity contribution in [3.8, 4) is 0 Å². The third kappa shape index (κ3) is 2.65. The summed E-state index contributed by atoms with van der Waals surface area (Å²) < 4.78 is 12.0. The van der Waals surface area contributed by atoms with E-state index in [1.165, 1.54) is 10.8 Å². The molecule has 0 aliphatic carbocycles. The third-order valence-electron chi connectivity index (χ3n) is 2.82. The Morgan fingerprint density at radius 1 is 1.59 bits per heavy atom. The number of ether oxygens (including phenoxy) is 1. The van der Waals surface area contributed by atoms with Gasteiger partial charge in [-0.3, -0.25) is 14.3 Å². The van der Waals surface area contributed by atoms with Gasteiger partial charge in [-0.2, -0.15) is 0 Å². The van der Waals surface area contributed by atoms with E-state index in [0.29, 0.717) is 12.2 Å². The van der Waals surface area contributed by atoms with Crippen LogP contribution in [0.2, 0.25) is 0 Å². The van der Waals surface area contributed by atoms with E-state index in [4.69, 9.17) is 9.26 Å². The molecule has 1 aliphatic rings. The molecular weight excluding hydrogens is 243 g/mol. The fraction of sp³-hybridized carbons (Fsp3) is 0.600. The minimum atomic E-state index is -0.432. The van der Waals surface area contributed by atoms with Crippen molar-refractivity contribution in [1.29, 1.82) is 0 Å². The van der Waals surface area contributed by atoms with Crippen LogP contribution in [0.5, 0.6) is 0 Å². The van der Waals surface area contributed by atoms with Crippen molar-refractivity contribution < 1.29 is 9.26 Å². The van der Waals surface area contributed by atoms with E-state index in [9.17, 15) is 9.59 Å². The van der Waals surface area contributed by atoms with Gasteiger partial charge < -0.3 is 9.26 Å². The van der Waals surface area contributed by atoms with E-state index in [1.807, 2.05) is 0 Å². The summed E-state index contributed by atoms with van der Waals surface area (Å²) in [5, 5.41) is 0. The van der Waals surface area contributed by atoms with Crippen molar-refractivity contribution in [2.24, 2.45) is 0 Å². The lowest BCUT2D eigenvalue weighted by atomic mass is 10.2. The molecule has 6 nitrogen and oxygen atoms in total. The topological polar surface area (TPSA) is 73.3 Å². The Labute approximate surface area is 100 Å². The summed E-state index contributed by atoms with van der Waals surface area (Å²) in [6.45, 7) is 2.14. The predicted octanol–water partition coefficient (Wildman–Crippen LogP) is 0.329. The van der Waals surface area contributed by atoms with Gasteiger partial charge in [0, 0.05) is 21.2 Å². The Morgan fingerprint density at radius 2 is 2.35 bits per heavy atom. The fourth-order valence-corrected chi connectivity index (χ4v) is 2.14. The molecule has 7 heteroatoms. The molecule has 2 rings (SSSR count). The molecule has 1 fully saturated rings. The number of rotatable bonds is 3. The molecule has 1 aromatic heterocycles. The van der Waals surface area contributed by atoms with Gasteiger partial charge in [0.1, 0.15) is 6.23 Å². The van der Waals surface area contributed by atoms with Crippen molar-refractivity contribution >= 4 is 9.47 Å². The second kappa shape index (κ2) is 5.12. The van der Waals surface area contributed by atoms with Crippen LogP contribution in [-0.2, 0) is 9.26 Å². The number of nitrogens with zero attached hydrogens (tertiary/aromatic N) is 1. The Bertz CT molecular complexity index is 510. The SMILES string of the molecule is Cc1cn([C@H]2CC[C@@H](COP)O2)c(=O)[nH]c1=O. The Kier molecular flexibility index (Phi) is 3.76. The highest BCUT2D eigenvalue weighted by Crippen LogP contribution is 2.27. The van der Waals surface area contributed by atoms with Gasteiger partial charge in [-0.05, 0) is 19.8 Å². The van der Waals surface area contributed by atoms with Crippen LogP contribution in [0.4, 0.5) is 0 Å². The van der Waals surface area contributed by atoms with Crippen LogP contribution in [0.3, 0.4) is 0 Å². The van der Waals surface area contributed by atoms with E-state index in [1.54, 1.807) is 6.92 Å². The van der Waals surface area contributed by atoms with Gasteiger partial charge in [-0.15, -0.1) is 0 Å². The molecule has 0 bridgehead atoms. The smallest absolute Gasteiger partial charge is 0.330 e. The van der Waals surface area contributed by atoms with Gasteiger partial charge in [-0.1, -0.05) is 0 Å². The van der Waals surface area contributed by atoms with E-state index >= 15 is 0 Å². The van der Waals surface area contributed by atoms with E-state index in [-0.39, 0.29) is 17.9 Å². The average molecular weight is 258 g/mol. The molecule has 0 aromatic carbocycles. The second-order valence-electron chi connectivity index (χ2n) is 4.10. The highest BCUT2D eigenvalue weighted by molar-refractivity contribution is 7.09. The van der Waals surface area contributed by atoms with Gasteiger partial charge in [0.2, 0.25) is 0 Å². The molecular formula is C10H15N2O4P. The predicted molar refractivity (Wildman–Crippen MR) is 64.9 cm³/mol.